The van der Waals surface area contributed by atoms with Crippen molar-refractivity contribution in [3.63, 3.8) is 0 Å². The summed E-state index contributed by atoms with van der Waals surface area (Å²) in [5, 5.41) is 2.89. The number of hydrogen-bond donors (Lipinski definition) is 1. The van der Waals surface area contributed by atoms with Gasteiger partial charge in [-0.15, -0.1) is 0 Å². The molecule has 0 fully saturated rings. The summed E-state index contributed by atoms with van der Waals surface area (Å²) in [6.45, 7) is 1.35. The highest BCUT2D eigenvalue weighted by Crippen LogP contribution is 2.21. The SMILES string of the molecule is CN(CCCNC(=O)c1ccc(S(=O)(=O)N(C)c2ccccc2)cc1)c1ccccc1. The van der Waals surface area contributed by atoms with E-state index in [0.29, 0.717) is 17.8 Å². The van der Waals surface area contributed by atoms with Crippen molar-refractivity contribution in [3.05, 3.63) is 90.5 Å². The van der Waals surface area contributed by atoms with E-state index in [0.717, 1.165) is 18.7 Å². The van der Waals surface area contributed by atoms with E-state index in [4.69, 9.17) is 0 Å². The molecular weight excluding hydrogens is 410 g/mol. The van der Waals surface area contributed by atoms with Crippen LogP contribution in [0.25, 0.3) is 0 Å². The fourth-order valence-corrected chi connectivity index (χ4v) is 4.34. The van der Waals surface area contributed by atoms with Crippen molar-refractivity contribution in [1.29, 1.82) is 0 Å². The van der Waals surface area contributed by atoms with Gasteiger partial charge in [0.05, 0.1) is 10.6 Å². The Morgan fingerprint density at radius 2 is 1.35 bits per heavy atom. The highest BCUT2D eigenvalue weighted by atomic mass is 32.2. The summed E-state index contributed by atoms with van der Waals surface area (Å²) in [7, 11) is -0.167. The van der Waals surface area contributed by atoms with E-state index >= 15 is 0 Å². The van der Waals surface area contributed by atoms with E-state index in [1.807, 2.05) is 43.4 Å². The van der Waals surface area contributed by atoms with Crippen molar-refractivity contribution in [2.45, 2.75) is 11.3 Å². The van der Waals surface area contributed by atoms with Gasteiger partial charge in [0.15, 0.2) is 0 Å². The van der Waals surface area contributed by atoms with E-state index in [9.17, 15) is 13.2 Å². The molecule has 162 valence electrons. The lowest BCUT2D eigenvalue weighted by molar-refractivity contribution is 0.0953. The number of nitrogens with zero attached hydrogens (tertiary/aromatic N) is 2. The van der Waals surface area contributed by atoms with Crippen LogP contribution in [-0.2, 0) is 10.0 Å². The van der Waals surface area contributed by atoms with E-state index in [1.54, 1.807) is 24.3 Å². The van der Waals surface area contributed by atoms with E-state index < -0.39 is 10.0 Å². The van der Waals surface area contributed by atoms with Crippen LogP contribution in [-0.4, -0.2) is 41.5 Å². The number of benzene rings is 3. The van der Waals surface area contributed by atoms with Crippen LogP contribution >= 0.6 is 0 Å². The maximum absolute atomic E-state index is 12.8. The smallest absolute Gasteiger partial charge is 0.264 e. The highest BCUT2D eigenvalue weighted by molar-refractivity contribution is 7.92. The third-order valence-electron chi connectivity index (χ3n) is 5.05. The molecule has 31 heavy (non-hydrogen) atoms. The first-order valence-electron chi connectivity index (χ1n) is 10.1. The monoisotopic (exact) mass is 437 g/mol. The van der Waals surface area contributed by atoms with Gasteiger partial charge >= 0.3 is 0 Å². The lowest BCUT2D eigenvalue weighted by Crippen LogP contribution is -2.28. The summed E-state index contributed by atoms with van der Waals surface area (Å²) in [4.78, 5) is 14.7. The van der Waals surface area contributed by atoms with Gasteiger partial charge in [0, 0.05) is 38.4 Å². The lowest BCUT2D eigenvalue weighted by atomic mass is 10.2. The molecule has 0 spiro atoms. The number of sulfonamides is 1. The van der Waals surface area contributed by atoms with E-state index in [2.05, 4.69) is 10.2 Å². The molecule has 0 aliphatic carbocycles. The molecule has 0 aromatic heterocycles. The molecule has 0 heterocycles. The molecule has 3 aromatic rings. The first-order valence-corrected chi connectivity index (χ1v) is 11.5. The summed E-state index contributed by atoms with van der Waals surface area (Å²) in [6.07, 6.45) is 0.797. The molecule has 0 aliphatic rings. The van der Waals surface area contributed by atoms with Crippen LogP contribution in [0, 0.1) is 0 Å². The summed E-state index contributed by atoms with van der Waals surface area (Å²) in [5.74, 6) is -0.220. The standard InChI is InChI=1S/C24H27N3O3S/c1-26(21-10-5-3-6-11-21)19-9-18-25-24(28)20-14-16-23(17-15-20)31(29,30)27(2)22-12-7-4-8-13-22/h3-8,10-17H,9,18-19H2,1-2H3,(H,25,28). The Labute approximate surface area is 184 Å². The normalized spacial score (nSPS) is 11.0. The highest BCUT2D eigenvalue weighted by Gasteiger charge is 2.21. The summed E-state index contributed by atoms with van der Waals surface area (Å²) in [5.41, 5.74) is 2.13. The summed E-state index contributed by atoms with van der Waals surface area (Å²) in [6, 6.07) is 24.9. The number of amides is 1. The number of para-hydroxylation sites is 2. The number of carbonyl (C=O) groups is 1. The van der Waals surface area contributed by atoms with Crippen LogP contribution < -0.4 is 14.5 Å². The zero-order valence-electron chi connectivity index (χ0n) is 17.7. The van der Waals surface area contributed by atoms with Crippen molar-refractivity contribution in [1.82, 2.24) is 5.32 Å². The Balaban J connectivity index is 1.54. The zero-order valence-corrected chi connectivity index (χ0v) is 18.5. The molecule has 0 aliphatic heterocycles. The first kappa shape index (κ1) is 22.4. The van der Waals surface area contributed by atoms with Gasteiger partial charge < -0.3 is 10.2 Å². The van der Waals surface area contributed by atoms with Gasteiger partial charge in [-0.2, -0.15) is 0 Å². The first-order chi connectivity index (χ1) is 14.9. The Bertz CT molecular complexity index is 1090. The van der Waals surface area contributed by atoms with Crippen LogP contribution in [0.4, 0.5) is 11.4 Å². The van der Waals surface area contributed by atoms with Crippen LogP contribution in [0.15, 0.2) is 89.8 Å². The maximum Gasteiger partial charge on any atom is 0.264 e. The lowest BCUT2D eigenvalue weighted by Gasteiger charge is -2.19. The zero-order chi connectivity index (χ0) is 22.3. The summed E-state index contributed by atoms with van der Waals surface area (Å²) < 4.78 is 26.9. The second-order valence-corrected chi connectivity index (χ2v) is 9.17. The van der Waals surface area contributed by atoms with Crippen LogP contribution in [0.2, 0.25) is 0 Å². The number of nitrogens with one attached hydrogen (secondary N) is 1. The van der Waals surface area contributed by atoms with Gasteiger partial charge in [-0.05, 0) is 55.0 Å². The van der Waals surface area contributed by atoms with Crippen LogP contribution in [0.5, 0.6) is 0 Å². The average Bonchev–Trinajstić information content (AvgIpc) is 2.82. The molecule has 0 saturated carbocycles. The Morgan fingerprint density at radius 3 is 1.94 bits per heavy atom. The van der Waals surface area contributed by atoms with Gasteiger partial charge in [0.2, 0.25) is 0 Å². The number of carbonyl (C=O) groups excluding carboxylic acids is 1. The Kier molecular flexibility index (Phi) is 7.31. The molecule has 6 nitrogen and oxygen atoms in total. The minimum absolute atomic E-state index is 0.139. The topological polar surface area (TPSA) is 69.7 Å². The van der Waals surface area contributed by atoms with Crippen LogP contribution in [0.1, 0.15) is 16.8 Å². The van der Waals surface area contributed by atoms with Gasteiger partial charge in [0.25, 0.3) is 15.9 Å². The average molecular weight is 438 g/mol. The van der Waals surface area contributed by atoms with E-state index in [1.165, 1.54) is 35.6 Å². The van der Waals surface area contributed by atoms with Crippen molar-refractivity contribution in [3.8, 4) is 0 Å². The fraction of sp³-hybridized carbons (Fsp3) is 0.208. The number of hydrogen-bond acceptors (Lipinski definition) is 4. The molecule has 0 saturated heterocycles. The third kappa shape index (κ3) is 5.64. The minimum Gasteiger partial charge on any atom is -0.375 e. The van der Waals surface area contributed by atoms with E-state index in [-0.39, 0.29) is 10.8 Å². The number of rotatable bonds is 9. The summed E-state index contributed by atoms with van der Waals surface area (Å²) >= 11 is 0. The van der Waals surface area contributed by atoms with Gasteiger partial charge in [-0.1, -0.05) is 36.4 Å². The van der Waals surface area contributed by atoms with Crippen molar-refractivity contribution in [2.24, 2.45) is 0 Å². The van der Waals surface area contributed by atoms with Crippen molar-refractivity contribution < 1.29 is 13.2 Å². The minimum atomic E-state index is -3.70. The number of anilines is 2. The molecule has 0 atom stereocenters. The molecular formula is C24H27N3O3S. The molecule has 1 amide bonds. The van der Waals surface area contributed by atoms with Crippen molar-refractivity contribution in [2.75, 3.05) is 36.4 Å². The largest absolute Gasteiger partial charge is 0.375 e. The van der Waals surface area contributed by atoms with Gasteiger partial charge in [-0.3, -0.25) is 9.10 Å². The maximum atomic E-state index is 12.8. The molecule has 7 heteroatoms. The van der Waals surface area contributed by atoms with Crippen molar-refractivity contribution >= 4 is 27.3 Å². The fourth-order valence-electron chi connectivity index (χ4n) is 3.14. The Morgan fingerprint density at radius 1 is 0.806 bits per heavy atom. The quantitative estimate of drug-likeness (QED) is 0.518. The van der Waals surface area contributed by atoms with Gasteiger partial charge in [0.1, 0.15) is 0 Å². The van der Waals surface area contributed by atoms with Crippen LogP contribution in [0.3, 0.4) is 0 Å². The van der Waals surface area contributed by atoms with Gasteiger partial charge in [-0.25, -0.2) is 8.42 Å². The third-order valence-corrected chi connectivity index (χ3v) is 6.85. The molecule has 1 N–H and O–H groups in total. The predicted molar refractivity (Wildman–Crippen MR) is 125 cm³/mol. The molecule has 3 rings (SSSR count). The Hall–Kier alpha value is -3.32. The molecule has 0 bridgehead atoms. The molecule has 0 radical (unpaired) electrons. The molecule has 3 aromatic carbocycles. The second-order valence-electron chi connectivity index (χ2n) is 7.20. The second kappa shape index (κ2) is 10.1. The predicted octanol–water partition coefficient (Wildman–Crippen LogP) is 3.77. The molecule has 0 unspecified atom stereocenters.